The standard InChI is InChI=1S/C23H18F2N2O4/c1-28-19-6-4-3-5-18(19)23-26-22(27-31-23)15-7-8-20(21(11-15)29-2)30-13-14-9-16(24)12-17(25)10-14/h3-12H,13H2,1-2H3. The highest BCUT2D eigenvalue weighted by atomic mass is 19.1. The van der Waals surface area contributed by atoms with Crippen LogP contribution < -0.4 is 14.2 Å². The van der Waals surface area contributed by atoms with Crippen molar-refractivity contribution >= 4 is 0 Å². The van der Waals surface area contributed by atoms with Crippen LogP contribution in [0.5, 0.6) is 17.2 Å². The van der Waals surface area contributed by atoms with Gasteiger partial charge in [0, 0.05) is 11.6 Å². The van der Waals surface area contributed by atoms with Crippen molar-refractivity contribution in [2.75, 3.05) is 14.2 Å². The third-order valence-corrected chi connectivity index (χ3v) is 4.50. The molecule has 0 saturated carbocycles. The van der Waals surface area contributed by atoms with Crippen LogP contribution in [0.1, 0.15) is 5.56 Å². The highest BCUT2D eigenvalue weighted by Gasteiger charge is 2.16. The Morgan fingerprint density at radius 3 is 2.32 bits per heavy atom. The van der Waals surface area contributed by atoms with Gasteiger partial charge in [-0.25, -0.2) is 8.78 Å². The Hall–Kier alpha value is -3.94. The molecule has 1 aromatic heterocycles. The molecule has 1 heterocycles. The van der Waals surface area contributed by atoms with E-state index in [1.165, 1.54) is 19.2 Å². The fourth-order valence-corrected chi connectivity index (χ4v) is 3.05. The molecule has 0 spiro atoms. The van der Waals surface area contributed by atoms with E-state index in [1.807, 2.05) is 18.2 Å². The maximum Gasteiger partial charge on any atom is 0.262 e. The summed E-state index contributed by atoms with van der Waals surface area (Å²) < 4.78 is 48.5. The van der Waals surface area contributed by atoms with E-state index in [-0.39, 0.29) is 6.61 Å². The predicted molar refractivity (Wildman–Crippen MR) is 109 cm³/mol. The summed E-state index contributed by atoms with van der Waals surface area (Å²) in [7, 11) is 3.06. The average molecular weight is 424 g/mol. The number of hydrogen-bond donors (Lipinski definition) is 0. The second kappa shape index (κ2) is 8.83. The zero-order chi connectivity index (χ0) is 21.8. The fourth-order valence-electron chi connectivity index (χ4n) is 3.05. The first-order valence-electron chi connectivity index (χ1n) is 9.30. The van der Waals surface area contributed by atoms with Crippen LogP contribution in [0.25, 0.3) is 22.8 Å². The molecular formula is C23H18F2N2O4. The van der Waals surface area contributed by atoms with Gasteiger partial charge in [0.1, 0.15) is 24.0 Å². The van der Waals surface area contributed by atoms with Gasteiger partial charge in [-0.05, 0) is 48.0 Å². The van der Waals surface area contributed by atoms with Gasteiger partial charge in [0.25, 0.3) is 5.89 Å². The lowest BCUT2D eigenvalue weighted by Crippen LogP contribution is -1.99. The van der Waals surface area contributed by atoms with Gasteiger partial charge in [-0.3, -0.25) is 0 Å². The maximum absolute atomic E-state index is 13.4. The van der Waals surface area contributed by atoms with E-state index in [2.05, 4.69) is 10.1 Å². The second-order valence-electron chi connectivity index (χ2n) is 6.56. The van der Waals surface area contributed by atoms with Gasteiger partial charge in [-0.1, -0.05) is 17.3 Å². The van der Waals surface area contributed by atoms with E-state index in [4.69, 9.17) is 18.7 Å². The van der Waals surface area contributed by atoms with Gasteiger partial charge in [0.05, 0.1) is 19.8 Å². The van der Waals surface area contributed by atoms with Crippen molar-refractivity contribution in [3.8, 4) is 40.1 Å². The van der Waals surface area contributed by atoms with E-state index < -0.39 is 11.6 Å². The van der Waals surface area contributed by atoms with Crippen LogP contribution >= 0.6 is 0 Å². The van der Waals surface area contributed by atoms with Crippen molar-refractivity contribution in [3.05, 3.63) is 77.9 Å². The molecule has 0 unspecified atom stereocenters. The molecule has 158 valence electrons. The molecular weight excluding hydrogens is 406 g/mol. The van der Waals surface area contributed by atoms with E-state index in [0.29, 0.717) is 45.7 Å². The molecule has 0 aliphatic carbocycles. The third kappa shape index (κ3) is 4.48. The topological polar surface area (TPSA) is 66.6 Å². The van der Waals surface area contributed by atoms with Gasteiger partial charge >= 0.3 is 0 Å². The molecule has 4 rings (SSSR count). The highest BCUT2D eigenvalue weighted by Crippen LogP contribution is 2.34. The zero-order valence-electron chi connectivity index (χ0n) is 16.8. The minimum Gasteiger partial charge on any atom is -0.496 e. The Bertz CT molecular complexity index is 1190. The number of aromatic nitrogens is 2. The van der Waals surface area contributed by atoms with Crippen molar-refractivity contribution in [1.82, 2.24) is 10.1 Å². The largest absolute Gasteiger partial charge is 0.496 e. The third-order valence-electron chi connectivity index (χ3n) is 4.50. The maximum atomic E-state index is 13.4. The Balaban J connectivity index is 1.56. The smallest absolute Gasteiger partial charge is 0.262 e. The number of rotatable bonds is 7. The SMILES string of the molecule is COc1cc(-c2noc(-c3ccccc3OC)n2)ccc1OCc1cc(F)cc(F)c1. The number of para-hydroxylation sites is 1. The molecule has 6 nitrogen and oxygen atoms in total. The number of methoxy groups -OCH3 is 2. The summed E-state index contributed by atoms with van der Waals surface area (Å²) in [5.74, 6) is 0.792. The van der Waals surface area contributed by atoms with Crippen LogP contribution in [-0.2, 0) is 6.61 Å². The summed E-state index contributed by atoms with van der Waals surface area (Å²) in [6, 6.07) is 15.7. The molecule has 0 atom stereocenters. The zero-order valence-corrected chi connectivity index (χ0v) is 16.8. The fraction of sp³-hybridized carbons (Fsp3) is 0.130. The lowest BCUT2D eigenvalue weighted by molar-refractivity contribution is 0.283. The van der Waals surface area contributed by atoms with Gasteiger partial charge in [0.15, 0.2) is 11.5 Å². The van der Waals surface area contributed by atoms with Gasteiger partial charge in [0.2, 0.25) is 5.82 Å². The Morgan fingerprint density at radius 2 is 1.58 bits per heavy atom. The van der Waals surface area contributed by atoms with Crippen LogP contribution in [0.15, 0.2) is 65.2 Å². The summed E-state index contributed by atoms with van der Waals surface area (Å²) in [5, 5.41) is 4.03. The monoisotopic (exact) mass is 424 g/mol. The first-order valence-corrected chi connectivity index (χ1v) is 9.30. The molecule has 0 aliphatic rings. The minimum absolute atomic E-state index is 0.0233. The molecule has 0 fully saturated rings. The molecule has 31 heavy (non-hydrogen) atoms. The number of halogens is 2. The Morgan fingerprint density at radius 1 is 0.839 bits per heavy atom. The van der Waals surface area contributed by atoms with Crippen molar-refractivity contribution in [2.45, 2.75) is 6.61 Å². The van der Waals surface area contributed by atoms with Crippen molar-refractivity contribution in [2.24, 2.45) is 0 Å². The first-order chi connectivity index (χ1) is 15.1. The lowest BCUT2D eigenvalue weighted by Gasteiger charge is -2.11. The van der Waals surface area contributed by atoms with E-state index in [9.17, 15) is 8.78 Å². The van der Waals surface area contributed by atoms with E-state index >= 15 is 0 Å². The second-order valence-corrected chi connectivity index (χ2v) is 6.56. The molecule has 0 N–H and O–H groups in total. The molecule has 0 bridgehead atoms. The molecule has 0 saturated heterocycles. The molecule has 0 radical (unpaired) electrons. The summed E-state index contributed by atoms with van der Waals surface area (Å²) >= 11 is 0. The Labute approximate surface area is 177 Å². The Kier molecular flexibility index (Phi) is 5.79. The van der Waals surface area contributed by atoms with E-state index in [1.54, 1.807) is 31.4 Å². The molecule has 0 aliphatic heterocycles. The lowest BCUT2D eigenvalue weighted by atomic mass is 10.1. The van der Waals surface area contributed by atoms with Crippen LogP contribution in [0.3, 0.4) is 0 Å². The van der Waals surface area contributed by atoms with Crippen LogP contribution in [-0.4, -0.2) is 24.4 Å². The summed E-state index contributed by atoms with van der Waals surface area (Å²) in [5.41, 5.74) is 1.69. The first kappa shape index (κ1) is 20.3. The van der Waals surface area contributed by atoms with Crippen LogP contribution in [0.2, 0.25) is 0 Å². The highest BCUT2D eigenvalue weighted by molar-refractivity contribution is 5.66. The minimum atomic E-state index is -0.663. The van der Waals surface area contributed by atoms with Crippen LogP contribution in [0, 0.1) is 11.6 Å². The summed E-state index contributed by atoms with van der Waals surface area (Å²) in [6.45, 7) is -0.0233. The van der Waals surface area contributed by atoms with E-state index in [0.717, 1.165) is 6.07 Å². The normalized spacial score (nSPS) is 10.7. The molecule has 8 heteroatoms. The summed E-state index contributed by atoms with van der Waals surface area (Å²) in [6.07, 6.45) is 0. The molecule has 4 aromatic rings. The van der Waals surface area contributed by atoms with Crippen LogP contribution in [0.4, 0.5) is 8.78 Å². The number of hydrogen-bond acceptors (Lipinski definition) is 6. The van der Waals surface area contributed by atoms with Crippen molar-refractivity contribution < 1.29 is 27.5 Å². The van der Waals surface area contributed by atoms with Gasteiger partial charge in [-0.2, -0.15) is 4.98 Å². The predicted octanol–water partition coefficient (Wildman–Crippen LogP) is 5.28. The summed E-state index contributed by atoms with van der Waals surface area (Å²) in [4.78, 5) is 4.44. The molecule has 3 aromatic carbocycles. The van der Waals surface area contributed by atoms with Gasteiger partial charge in [-0.15, -0.1) is 0 Å². The van der Waals surface area contributed by atoms with Crippen molar-refractivity contribution in [3.63, 3.8) is 0 Å². The number of nitrogens with zero attached hydrogens (tertiary/aromatic N) is 2. The quantitative estimate of drug-likeness (QED) is 0.402. The van der Waals surface area contributed by atoms with Crippen molar-refractivity contribution in [1.29, 1.82) is 0 Å². The van der Waals surface area contributed by atoms with Gasteiger partial charge < -0.3 is 18.7 Å². The number of ether oxygens (including phenoxy) is 3. The average Bonchev–Trinajstić information content (AvgIpc) is 3.27. The number of benzene rings is 3. The molecule has 0 amide bonds.